The van der Waals surface area contributed by atoms with Crippen molar-refractivity contribution in [1.82, 2.24) is 0 Å². The zero-order valence-electron chi connectivity index (χ0n) is 11.6. The Hall–Kier alpha value is -1.52. The maximum absolute atomic E-state index is 10.7. The first kappa shape index (κ1) is 13.9. The number of ether oxygens (including phenoxy) is 2. The van der Waals surface area contributed by atoms with E-state index in [9.17, 15) is 5.11 Å². The highest BCUT2D eigenvalue weighted by atomic mass is 32.1. The smallest absolute Gasteiger partial charge is 0.128 e. The lowest BCUT2D eigenvalue weighted by atomic mass is 10.0. The van der Waals surface area contributed by atoms with Gasteiger partial charge in [-0.1, -0.05) is 6.07 Å². The van der Waals surface area contributed by atoms with Gasteiger partial charge >= 0.3 is 0 Å². The summed E-state index contributed by atoms with van der Waals surface area (Å²) in [7, 11) is 3.19. The van der Waals surface area contributed by atoms with Crippen LogP contribution in [0, 0.1) is 13.8 Å². The van der Waals surface area contributed by atoms with Crippen LogP contribution in [-0.4, -0.2) is 19.3 Å². The van der Waals surface area contributed by atoms with Crippen molar-refractivity contribution >= 4 is 11.3 Å². The summed E-state index contributed by atoms with van der Waals surface area (Å²) in [5.74, 6) is 1.27. The number of methoxy groups -OCH3 is 2. The number of thiophene rings is 1. The number of aliphatic hydroxyl groups excluding tert-OH is 1. The first-order valence-electron chi connectivity index (χ1n) is 6.04. The fraction of sp³-hybridized carbons (Fsp3) is 0.333. The minimum Gasteiger partial charge on any atom is -0.496 e. The van der Waals surface area contributed by atoms with E-state index in [1.165, 1.54) is 4.88 Å². The Kier molecular flexibility index (Phi) is 4.12. The van der Waals surface area contributed by atoms with Crippen LogP contribution in [0.25, 0.3) is 0 Å². The molecule has 102 valence electrons. The van der Waals surface area contributed by atoms with E-state index in [1.807, 2.05) is 32.0 Å². The lowest BCUT2D eigenvalue weighted by Gasteiger charge is -2.17. The number of rotatable bonds is 4. The van der Waals surface area contributed by atoms with Crippen molar-refractivity contribution in [3.8, 4) is 11.5 Å². The van der Waals surface area contributed by atoms with Crippen LogP contribution in [0.5, 0.6) is 11.5 Å². The topological polar surface area (TPSA) is 38.7 Å². The predicted molar refractivity (Wildman–Crippen MR) is 77.4 cm³/mol. The average Bonchev–Trinajstić information content (AvgIpc) is 2.75. The summed E-state index contributed by atoms with van der Waals surface area (Å²) >= 11 is 1.59. The molecule has 0 amide bonds. The van der Waals surface area contributed by atoms with E-state index in [2.05, 4.69) is 6.07 Å². The lowest BCUT2D eigenvalue weighted by molar-refractivity contribution is 0.212. The molecule has 0 aliphatic carbocycles. The zero-order valence-corrected chi connectivity index (χ0v) is 12.4. The van der Waals surface area contributed by atoms with Gasteiger partial charge in [-0.2, -0.15) is 0 Å². The minimum absolute atomic E-state index is 0.636. The fourth-order valence-corrected chi connectivity index (χ4v) is 3.24. The van der Waals surface area contributed by atoms with Crippen LogP contribution >= 0.6 is 11.3 Å². The first-order chi connectivity index (χ1) is 9.08. The first-order valence-corrected chi connectivity index (χ1v) is 6.86. The molecule has 1 aromatic heterocycles. The molecule has 0 saturated carbocycles. The Balaban J connectivity index is 2.54. The molecule has 19 heavy (non-hydrogen) atoms. The highest BCUT2D eigenvalue weighted by molar-refractivity contribution is 7.12. The molecule has 4 heteroatoms. The van der Waals surface area contributed by atoms with E-state index in [-0.39, 0.29) is 0 Å². The molecule has 0 bridgehead atoms. The molecule has 0 aliphatic heterocycles. The van der Waals surface area contributed by atoms with E-state index in [0.717, 1.165) is 10.4 Å². The van der Waals surface area contributed by atoms with Crippen LogP contribution in [0.1, 0.15) is 27.0 Å². The third-order valence-electron chi connectivity index (χ3n) is 3.07. The molecule has 0 aliphatic rings. The molecule has 0 spiro atoms. The van der Waals surface area contributed by atoms with Crippen LogP contribution in [0.2, 0.25) is 0 Å². The summed E-state index contributed by atoms with van der Waals surface area (Å²) in [6, 6.07) is 7.58. The SMILES string of the molecule is COc1cccc(OC)c1C(O)c1sc(C)cc1C. The van der Waals surface area contributed by atoms with Crippen molar-refractivity contribution in [3.05, 3.63) is 45.1 Å². The molecule has 2 rings (SSSR count). The number of hydrogen-bond acceptors (Lipinski definition) is 4. The second kappa shape index (κ2) is 5.63. The largest absolute Gasteiger partial charge is 0.496 e. The van der Waals surface area contributed by atoms with E-state index >= 15 is 0 Å². The van der Waals surface area contributed by atoms with E-state index < -0.39 is 6.10 Å². The van der Waals surface area contributed by atoms with Gasteiger partial charge in [0.1, 0.15) is 17.6 Å². The van der Waals surface area contributed by atoms with Crippen LogP contribution in [0.4, 0.5) is 0 Å². The van der Waals surface area contributed by atoms with Crippen molar-refractivity contribution < 1.29 is 14.6 Å². The monoisotopic (exact) mass is 278 g/mol. The third-order valence-corrected chi connectivity index (χ3v) is 4.27. The number of aryl methyl sites for hydroxylation is 2. The van der Waals surface area contributed by atoms with Gasteiger partial charge in [-0.25, -0.2) is 0 Å². The van der Waals surface area contributed by atoms with Gasteiger partial charge in [0.2, 0.25) is 0 Å². The Morgan fingerprint density at radius 3 is 2.11 bits per heavy atom. The molecular formula is C15H18O3S. The van der Waals surface area contributed by atoms with Crippen LogP contribution < -0.4 is 9.47 Å². The van der Waals surface area contributed by atoms with Crippen LogP contribution in [0.15, 0.2) is 24.3 Å². The van der Waals surface area contributed by atoms with E-state index in [4.69, 9.17) is 9.47 Å². The maximum Gasteiger partial charge on any atom is 0.128 e. The molecule has 1 heterocycles. The summed E-state index contributed by atoms with van der Waals surface area (Å²) in [6.07, 6.45) is -0.732. The average molecular weight is 278 g/mol. The van der Waals surface area contributed by atoms with Gasteiger partial charge in [-0.15, -0.1) is 11.3 Å². The molecule has 1 atom stereocenters. The third kappa shape index (κ3) is 2.60. The predicted octanol–water partition coefficient (Wildman–Crippen LogP) is 3.46. The second-order valence-corrected chi connectivity index (χ2v) is 5.67. The molecule has 1 aromatic carbocycles. The number of hydrogen-bond donors (Lipinski definition) is 1. The molecule has 1 N–H and O–H groups in total. The highest BCUT2D eigenvalue weighted by Crippen LogP contribution is 2.40. The molecular weight excluding hydrogens is 260 g/mol. The number of benzene rings is 1. The van der Waals surface area contributed by atoms with Crippen molar-refractivity contribution in [1.29, 1.82) is 0 Å². The van der Waals surface area contributed by atoms with Gasteiger partial charge < -0.3 is 14.6 Å². The van der Waals surface area contributed by atoms with Gasteiger partial charge in [0.05, 0.1) is 19.8 Å². The minimum atomic E-state index is -0.732. The normalized spacial score (nSPS) is 12.3. The summed E-state index contributed by atoms with van der Waals surface area (Å²) in [5.41, 5.74) is 1.76. The van der Waals surface area contributed by atoms with Crippen molar-refractivity contribution in [3.63, 3.8) is 0 Å². The standard InChI is InChI=1S/C15H18O3S/c1-9-8-10(2)19-15(9)14(16)13-11(17-3)6-5-7-12(13)18-4/h5-8,14,16H,1-4H3. The molecule has 0 fully saturated rings. The fourth-order valence-electron chi connectivity index (χ4n) is 2.21. The molecule has 1 unspecified atom stereocenters. The van der Waals surface area contributed by atoms with Crippen molar-refractivity contribution in [2.75, 3.05) is 14.2 Å². The lowest BCUT2D eigenvalue weighted by Crippen LogP contribution is -2.04. The highest BCUT2D eigenvalue weighted by Gasteiger charge is 2.23. The second-order valence-electron chi connectivity index (χ2n) is 4.38. The van der Waals surface area contributed by atoms with Crippen LogP contribution in [-0.2, 0) is 0 Å². The van der Waals surface area contributed by atoms with E-state index in [1.54, 1.807) is 25.6 Å². The quantitative estimate of drug-likeness (QED) is 0.930. The molecule has 3 nitrogen and oxygen atoms in total. The van der Waals surface area contributed by atoms with Gasteiger partial charge in [0.15, 0.2) is 0 Å². The Morgan fingerprint density at radius 1 is 1.11 bits per heavy atom. The Labute approximate surface area is 117 Å². The Morgan fingerprint density at radius 2 is 1.68 bits per heavy atom. The summed E-state index contributed by atoms with van der Waals surface area (Å²) in [4.78, 5) is 2.11. The Bertz CT molecular complexity index is 553. The van der Waals surface area contributed by atoms with E-state index in [0.29, 0.717) is 17.1 Å². The van der Waals surface area contributed by atoms with Crippen molar-refractivity contribution in [2.24, 2.45) is 0 Å². The summed E-state index contributed by atoms with van der Waals surface area (Å²) in [6.45, 7) is 4.04. The van der Waals surface area contributed by atoms with Crippen LogP contribution in [0.3, 0.4) is 0 Å². The number of aliphatic hydroxyl groups is 1. The molecule has 0 radical (unpaired) electrons. The summed E-state index contributed by atoms with van der Waals surface area (Å²) in [5, 5.41) is 10.7. The summed E-state index contributed by atoms with van der Waals surface area (Å²) < 4.78 is 10.7. The zero-order chi connectivity index (χ0) is 14.0. The maximum atomic E-state index is 10.7. The van der Waals surface area contributed by atoms with Gasteiger partial charge in [-0.05, 0) is 37.6 Å². The molecule has 2 aromatic rings. The van der Waals surface area contributed by atoms with Crippen molar-refractivity contribution in [2.45, 2.75) is 20.0 Å². The van der Waals surface area contributed by atoms with Gasteiger partial charge in [0.25, 0.3) is 0 Å². The van der Waals surface area contributed by atoms with Gasteiger partial charge in [-0.3, -0.25) is 0 Å². The molecule has 0 saturated heterocycles. The van der Waals surface area contributed by atoms with Gasteiger partial charge in [0, 0.05) is 9.75 Å².